The molecule has 0 spiro atoms. The Hall–Kier alpha value is -2.56. The van der Waals surface area contributed by atoms with E-state index in [1.165, 1.54) is 13.2 Å². The van der Waals surface area contributed by atoms with E-state index in [-0.39, 0.29) is 11.7 Å². The Labute approximate surface area is 122 Å². The van der Waals surface area contributed by atoms with Crippen molar-refractivity contribution in [1.29, 1.82) is 5.41 Å². The summed E-state index contributed by atoms with van der Waals surface area (Å²) in [5.41, 5.74) is 7.43. The van der Waals surface area contributed by atoms with Crippen molar-refractivity contribution >= 4 is 5.84 Å². The Balaban J connectivity index is 2.14. The van der Waals surface area contributed by atoms with Crippen molar-refractivity contribution in [2.24, 2.45) is 5.73 Å². The average molecular weight is 288 g/mol. The van der Waals surface area contributed by atoms with Gasteiger partial charge in [0.05, 0.1) is 12.7 Å². The van der Waals surface area contributed by atoms with Crippen LogP contribution in [0.25, 0.3) is 0 Å². The molecule has 0 atom stereocenters. The summed E-state index contributed by atoms with van der Waals surface area (Å²) >= 11 is 0. The number of benzene rings is 2. The molecule has 0 amide bonds. The van der Waals surface area contributed by atoms with Gasteiger partial charge in [0.25, 0.3) is 0 Å². The number of ether oxygens (including phenoxy) is 2. The zero-order chi connectivity index (χ0) is 15.4. The second-order valence-electron chi connectivity index (χ2n) is 4.65. The van der Waals surface area contributed by atoms with Gasteiger partial charge in [-0.15, -0.1) is 0 Å². The third kappa shape index (κ3) is 3.51. The first-order valence-electron chi connectivity index (χ1n) is 6.41. The van der Waals surface area contributed by atoms with Crippen LogP contribution in [0.4, 0.5) is 4.39 Å². The number of hydrogen-bond donors (Lipinski definition) is 2. The Kier molecular flexibility index (Phi) is 4.42. The van der Waals surface area contributed by atoms with Crippen LogP contribution in [0.5, 0.6) is 11.5 Å². The van der Waals surface area contributed by atoms with E-state index in [2.05, 4.69) is 0 Å². The fourth-order valence-electron chi connectivity index (χ4n) is 1.93. The van der Waals surface area contributed by atoms with Gasteiger partial charge in [-0.1, -0.05) is 6.07 Å². The molecule has 21 heavy (non-hydrogen) atoms. The van der Waals surface area contributed by atoms with Crippen LogP contribution in [-0.4, -0.2) is 12.9 Å². The summed E-state index contributed by atoms with van der Waals surface area (Å²) in [7, 11) is 1.53. The van der Waals surface area contributed by atoms with Crippen molar-refractivity contribution in [3.05, 3.63) is 58.9 Å². The molecule has 0 radical (unpaired) electrons. The van der Waals surface area contributed by atoms with Gasteiger partial charge in [0.2, 0.25) is 0 Å². The summed E-state index contributed by atoms with van der Waals surface area (Å²) in [4.78, 5) is 0. The lowest BCUT2D eigenvalue weighted by Gasteiger charge is -2.11. The molecule has 0 aromatic heterocycles. The molecule has 0 saturated carbocycles. The number of halogens is 1. The van der Waals surface area contributed by atoms with Crippen molar-refractivity contribution in [2.75, 3.05) is 7.11 Å². The van der Waals surface area contributed by atoms with Crippen LogP contribution < -0.4 is 15.2 Å². The molecule has 0 unspecified atom stereocenters. The van der Waals surface area contributed by atoms with Crippen LogP contribution in [0.2, 0.25) is 0 Å². The van der Waals surface area contributed by atoms with Crippen molar-refractivity contribution in [1.82, 2.24) is 0 Å². The molecule has 0 bridgehead atoms. The number of aryl methyl sites for hydroxylation is 1. The SMILES string of the molecule is COc1ccc(COc2ccc(F)c(C)c2)cc1C(=N)N. The van der Waals surface area contributed by atoms with Gasteiger partial charge in [-0.2, -0.15) is 0 Å². The predicted octanol–water partition coefficient (Wildman–Crippen LogP) is 3.01. The number of methoxy groups -OCH3 is 1. The molecule has 110 valence electrons. The zero-order valence-electron chi connectivity index (χ0n) is 11.9. The summed E-state index contributed by atoms with van der Waals surface area (Å²) in [6.07, 6.45) is 0. The smallest absolute Gasteiger partial charge is 0.129 e. The molecule has 3 N–H and O–H groups in total. The Bertz CT molecular complexity index is 671. The number of rotatable bonds is 5. The molecule has 0 aliphatic carbocycles. The molecular formula is C16H17FN2O2. The Morgan fingerprint density at radius 2 is 2.00 bits per heavy atom. The Morgan fingerprint density at radius 3 is 2.62 bits per heavy atom. The van der Waals surface area contributed by atoms with Crippen LogP contribution in [0.15, 0.2) is 36.4 Å². The summed E-state index contributed by atoms with van der Waals surface area (Å²) in [5.74, 6) is 0.815. The minimum atomic E-state index is -0.259. The van der Waals surface area contributed by atoms with E-state index in [0.29, 0.717) is 29.2 Å². The number of amidine groups is 1. The van der Waals surface area contributed by atoms with Crippen LogP contribution in [-0.2, 0) is 6.61 Å². The fraction of sp³-hybridized carbons (Fsp3) is 0.188. The molecule has 4 nitrogen and oxygen atoms in total. The highest BCUT2D eigenvalue weighted by molar-refractivity contribution is 5.97. The Morgan fingerprint density at radius 1 is 1.24 bits per heavy atom. The zero-order valence-corrected chi connectivity index (χ0v) is 11.9. The van der Waals surface area contributed by atoms with Gasteiger partial charge in [0, 0.05) is 0 Å². The third-order valence-corrected chi connectivity index (χ3v) is 3.09. The maximum atomic E-state index is 13.2. The second kappa shape index (κ2) is 6.26. The van der Waals surface area contributed by atoms with Crippen LogP contribution >= 0.6 is 0 Å². The highest BCUT2D eigenvalue weighted by Gasteiger charge is 2.08. The van der Waals surface area contributed by atoms with Crippen LogP contribution in [0.3, 0.4) is 0 Å². The standard InChI is InChI=1S/C16H17FN2O2/c1-10-7-12(4-5-14(10)17)21-9-11-3-6-15(20-2)13(8-11)16(18)19/h3-8H,9H2,1-2H3,(H3,18,19). The van der Waals surface area contributed by atoms with E-state index in [1.54, 1.807) is 31.2 Å². The summed E-state index contributed by atoms with van der Waals surface area (Å²) in [5, 5.41) is 7.54. The highest BCUT2D eigenvalue weighted by Crippen LogP contribution is 2.21. The van der Waals surface area contributed by atoms with E-state index in [4.69, 9.17) is 20.6 Å². The highest BCUT2D eigenvalue weighted by atomic mass is 19.1. The summed E-state index contributed by atoms with van der Waals surface area (Å²) in [6, 6.07) is 9.92. The minimum absolute atomic E-state index is 0.0636. The summed E-state index contributed by atoms with van der Waals surface area (Å²) in [6.45, 7) is 1.98. The average Bonchev–Trinajstić information content (AvgIpc) is 2.48. The maximum absolute atomic E-state index is 13.2. The number of hydrogen-bond acceptors (Lipinski definition) is 3. The molecule has 0 aliphatic rings. The molecule has 2 aromatic carbocycles. The third-order valence-electron chi connectivity index (χ3n) is 3.09. The maximum Gasteiger partial charge on any atom is 0.129 e. The van der Waals surface area contributed by atoms with E-state index >= 15 is 0 Å². The van der Waals surface area contributed by atoms with Crippen LogP contribution in [0, 0.1) is 18.2 Å². The molecule has 0 saturated heterocycles. The van der Waals surface area contributed by atoms with Gasteiger partial charge in [-0.3, -0.25) is 5.41 Å². The lowest BCUT2D eigenvalue weighted by atomic mass is 10.1. The molecule has 2 aromatic rings. The first kappa shape index (κ1) is 14.8. The first-order valence-corrected chi connectivity index (χ1v) is 6.41. The minimum Gasteiger partial charge on any atom is -0.496 e. The summed E-state index contributed by atoms with van der Waals surface area (Å²) < 4.78 is 23.9. The van der Waals surface area contributed by atoms with Gasteiger partial charge < -0.3 is 15.2 Å². The van der Waals surface area contributed by atoms with Gasteiger partial charge in [-0.25, -0.2) is 4.39 Å². The fourth-order valence-corrected chi connectivity index (χ4v) is 1.93. The molecule has 0 aliphatic heterocycles. The second-order valence-corrected chi connectivity index (χ2v) is 4.65. The molecular weight excluding hydrogens is 271 g/mol. The lowest BCUT2D eigenvalue weighted by molar-refractivity contribution is 0.305. The molecule has 0 heterocycles. The van der Waals surface area contributed by atoms with Gasteiger partial charge in [0.1, 0.15) is 29.8 Å². The quantitative estimate of drug-likeness (QED) is 0.656. The van der Waals surface area contributed by atoms with E-state index in [1.807, 2.05) is 6.07 Å². The molecule has 0 fully saturated rings. The molecule has 2 rings (SSSR count). The van der Waals surface area contributed by atoms with E-state index in [9.17, 15) is 4.39 Å². The number of nitrogens with two attached hydrogens (primary N) is 1. The van der Waals surface area contributed by atoms with Gasteiger partial charge in [-0.05, 0) is 48.4 Å². The van der Waals surface area contributed by atoms with Crippen molar-refractivity contribution in [3.63, 3.8) is 0 Å². The van der Waals surface area contributed by atoms with Crippen molar-refractivity contribution in [2.45, 2.75) is 13.5 Å². The normalized spacial score (nSPS) is 10.2. The molecule has 5 heteroatoms. The first-order chi connectivity index (χ1) is 10.0. The topological polar surface area (TPSA) is 68.3 Å². The number of nitrogen functional groups attached to an aromatic ring is 1. The van der Waals surface area contributed by atoms with E-state index in [0.717, 1.165) is 5.56 Å². The predicted molar refractivity (Wildman–Crippen MR) is 79.5 cm³/mol. The number of nitrogens with one attached hydrogen (secondary N) is 1. The van der Waals surface area contributed by atoms with Crippen LogP contribution in [0.1, 0.15) is 16.7 Å². The lowest BCUT2D eigenvalue weighted by Crippen LogP contribution is -2.13. The van der Waals surface area contributed by atoms with Crippen molar-refractivity contribution < 1.29 is 13.9 Å². The van der Waals surface area contributed by atoms with E-state index < -0.39 is 0 Å². The van der Waals surface area contributed by atoms with Gasteiger partial charge in [0.15, 0.2) is 0 Å². The monoisotopic (exact) mass is 288 g/mol. The largest absolute Gasteiger partial charge is 0.496 e. The van der Waals surface area contributed by atoms with Crippen molar-refractivity contribution in [3.8, 4) is 11.5 Å². The van der Waals surface area contributed by atoms with Gasteiger partial charge >= 0.3 is 0 Å².